The van der Waals surface area contributed by atoms with Crippen LogP contribution in [0.25, 0.3) is 10.6 Å². The highest BCUT2D eigenvalue weighted by molar-refractivity contribution is 7.13. The molecule has 2 amide bonds. The van der Waals surface area contributed by atoms with E-state index < -0.39 is 10.8 Å². The molecule has 0 bridgehead atoms. The standard InChI is InChI=1S/C18H13ClN4O4S/c1-10(24)20-12-5-6-15(14(19)8-12)21-17(25)16-9-28-18(22-16)11-3-2-4-13(7-11)23(26)27/h2-9H,1H3,(H,20,24)(H,21,25). The van der Waals surface area contributed by atoms with Crippen molar-refractivity contribution in [2.45, 2.75) is 6.92 Å². The summed E-state index contributed by atoms with van der Waals surface area (Å²) in [7, 11) is 0. The number of thiazole rings is 1. The lowest BCUT2D eigenvalue weighted by atomic mass is 10.2. The number of non-ortho nitro benzene ring substituents is 1. The van der Waals surface area contributed by atoms with Crippen molar-refractivity contribution in [1.29, 1.82) is 0 Å². The van der Waals surface area contributed by atoms with Crippen molar-refractivity contribution in [3.63, 3.8) is 0 Å². The Kier molecular flexibility index (Phi) is 5.67. The number of rotatable bonds is 5. The van der Waals surface area contributed by atoms with E-state index in [1.54, 1.807) is 29.6 Å². The summed E-state index contributed by atoms with van der Waals surface area (Å²) in [6.07, 6.45) is 0. The number of carbonyl (C=O) groups excluding carboxylic acids is 2. The zero-order valence-electron chi connectivity index (χ0n) is 14.4. The number of anilines is 2. The zero-order valence-corrected chi connectivity index (χ0v) is 16.0. The molecule has 0 saturated carbocycles. The van der Waals surface area contributed by atoms with Crippen LogP contribution in [0.1, 0.15) is 17.4 Å². The van der Waals surface area contributed by atoms with Gasteiger partial charge < -0.3 is 10.6 Å². The molecule has 0 aliphatic rings. The number of hydrogen-bond acceptors (Lipinski definition) is 6. The van der Waals surface area contributed by atoms with E-state index in [9.17, 15) is 19.7 Å². The monoisotopic (exact) mass is 416 g/mol. The molecule has 10 heteroatoms. The van der Waals surface area contributed by atoms with Gasteiger partial charge in [-0.2, -0.15) is 0 Å². The van der Waals surface area contributed by atoms with Crippen molar-refractivity contribution in [2.24, 2.45) is 0 Å². The molecule has 0 radical (unpaired) electrons. The number of carbonyl (C=O) groups is 2. The first-order valence-corrected chi connectivity index (χ1v) is 9.18. The Hall–Kier alpha value is -3.30. The summed E-state index contributed by atoms with van der Waals surface area (Å²) in [6, 6.07) is 10.7. The van der Waals surface area contributed by atoms with E-state index in [1.807, 2.05) is 0 Å². The van der Waals surface area contributed by atoms with Crippen LogP contribution in [-0.2, 0) is 4.79 Å². The van der Waals surface area contributed by atoms with E-state index in [0.29, 0.717) is 21.9 Å². The van der Waals surface area contributed by atoms with Crippen LogP contribution in [0.4, 0.5) is 17.1 Å². The molecule has 0 fully saturated rings. The maximum atomic E-state index is 12.4. The second kappa shape index (κ2) is 8.15. The number of nitrogens with zero attached hydrogens (tertiary/aromatic N) is 2. The van der Waals surface area contributed by atoms with Crippen LogP contribution in [0.15, 0.2) is 47.8 Å². The number of amides is 2. The molecule has 0 aliphatic carbocycles. The predicted octanol–water partition coefficient (Wildman–Crippen LogP) is 4.58. The molecule has 1 heterocycles. The van der Waals surface area contributed by atoms with Crippen LogP contribution in [0, 0.1) is 10.1 Å². The van der Waals surface area contributed by atoms with Gasteiger partial charge in [0.05, 0.1) is 15.6 Å². The Morgan fingerprint density at radius 3 is 2.64 bits per heavy atom. The van der Waals surface area contributed by atoms with Crippen LogP contribution in [0.5, 0.6) is 0 Å². The second-order valence-electron chi connectivity index (χ2n) is 5.68. The van der Waals surface area contributed by atoms with Gasteiger partial charge in [0.1, 0.15) is 10.7 Å². The molecule has 0 unspecified atom stereocenters. The molecule has 1 aromatic heterocycles. The Morgan fingerprint density at radius 1 is 1.18 bits per heavy atom. The van der Waals surface area contributed by atoms with E-state index in [2.05, 4.69) is 15.6 Å². The fourth-order valence-corrected chi connectivity index (χ4v) is 3.37. The topological polar surface area (TPSA) is 114 Å². The maximum absolute atomic E-state index is 12.4. The second-order valence-corrected chi connectivity index (χ2v) is 6.94. The summed E-state index contributed by atoms with van der Waals surface area (Å²) in [5.41, 5.74) is 1.54. The highest BCUT2D eigenvalue weighted by Crippen LogP contribution is 2.29. The molecule has 0 atom stereocenters. The Bertz CT molecular complexity index is 1080. The van der Waals surface area contributed by atoms with Crippen LogP contribution in [0.3, 0.4) is 0 Å². The summed E-state index contributed by atoms with van der Waals surface area (Å²) in [6.45, 7) is 1.38. The first-order chi connectivity index (χ1) is 13.3. The minimum atomic E-state index is -0.489. The van der Waals surface area contributed by atoms with Gasteiger partial charge >= 0.3 is 0 Å². The Labute approximate surface area is 168 Å². The molecular formula is C18H13ClN4O4S. The SMILES string of the molecule is CC(=O)Nc1ccc(NC(=O)c2csc(-c3cccc([N+](=O)[O-])c3)n2)c(Cl)c1. The lowest BCUT2D eigenvalue weighted by Gasteiger charge is -2.08. The number of nitro benzene ring substituents is 1. The molecule has 2 N–H and O–H groups in total. The average Bonchev–Trinajstić information content (AvgIpc) is 3.14. The average molecular weight is 417 g/mol. The van der Waals surface area contributed by atoms with Crippen molar-refractivity contribution in [2.75, 3.05) is 10.6 Å². The molecule has 0 aliphatic heterocycles. The molecule has 8 nitrogen and oxygen atoms in total. The third kappa shape index (κ3) is 4.51. The first kappa shape index (κ1) is 19.5. The third-order valence-electron chi connectivity index (χ3n) is 3.58. The summed E-state index contributed by atoms with van der Waals surface area (Å²) < 4.78 is 0. The summed E-state index contributed by atoms with van der Waals surface area (Å²) in [5.74, 6) is -0.703. The Morgan fingerprint density at radius 2 is 1.96 bits per heavy atom. The van der Waals surface area contributed by atoms with Crippen molar-refractivity contribution >= 4 is 51.8 Å². The summed E-state index contributed by atoms with van der Waals surface area (Å²) in [4.78, 5) is 38.2. The van der Waals surface area contributed by atoms with E-state index in [1.165, 1.54) is 36.5 Å². The van der Waals surface area contributed by atoms with Crippen molar-refractivity contribution in [1.82, 2.24) is 4.98 Å². The number of aromatic nitrogens is 1. The fraction of sp³-hybridized carbons (Fsp3) is 0.0556. The molecular weight excluding hydrogens is 404 g/mol. The number of nitro groups is 1. The lowest BCUT2D eigenvalue weighted by molar-refractivity contribution is -0.384. The largest absolute Gasteiger partial charge is 0.326 e. The molecule has 0 saturated heterocycles. The van der Waals surface area contributed by atoms with Gasteiger partial charge in [-0.1, -0.05) is 23.7 Å². The van der Waals surface area contributed by atoms with Crippen molar-refractivity contribution < 1.29 is 14.5 Å². The van der Waals surface area contributed by atoms with Gasteiger partial charge in [-0.15, -0.1) is 11.3 Å². The molecule has 2 aromatic carbocycles. The van der Waals surface area contributed by atoms with E-state index >= 15 is 0 Å². The molecule has 3 rings (SSSR count). The predicted molar refractivity (Wildman–Crippen MR) is 108 cm³/mol. The molecule has 0 spiro atoms. The van der Waals surface area contributed by atoms with Crippen LogP contribution in [-0.4, -0.2) is 21.7 Å². The van der Waals surface area contributed by atoms with Crippen LogP contribution in [0.2, 0.25) is 5.02 Å². The smallest absolute Gasteiger partial charge is 0.275 e. The van der Waals surface area contributed by atoms with E-state index in [-0.39, 0.29) is 22.3 Å². The van der Waals surface area contributed by atoms with Gasteiger partial charge in [-0.3, -0.25) is 19.7 Å². The molecule has 28 heavy (non-hydrogen) atoms. The summed E-state index contributed by atoms with van der Waals surface area (Å²) >= 11 is 7.35. The fourth-order valence-electron chi connectivity index (χ4n) is 2.35. The Balaban J connectivity index is 1.77. The number of halogens is 1. The lowest BCUT2D eigenvalue weighted by Crippen LogP contribution is -2.13. The number of hydrogen-bond donors (Lipinski definition) is 2. The van der Waals surface area contributed by atoms with E-state index in [4.69, 9.17) is 11.6 Å². The van der Waals surface area contributed by atoms with Gasteiger partial charge in [0.25, 0.3) is 11.6 Å². The first-order valence-electron chi connectivity index (χ1n) is 7.92. The van der Waals surface area contributed by atoms with Gasteiger partial charge in [-0.25, -0.2) is 4.98 Å². The molecule has 3 aromatic rings. The van der Waals surface area contributed by atoms with Gasteiger partial charge in [-0.05, 0) is 18.2 Å². The highest BCUT2D eigenvalue weighted by atomic mass is 35.5. The highest BCUT2D eigenvalue weighted by Gasteiger charge is 2.15. The van der Waals surface area contributed by atoms with E-state index in [0.717, 1.165) is 0 Å². The minimum Gasteiger partial charge on any atom is -0.326 e. The number of benzene rings is 2. The maximum Gasteiger partial charge on any atom is 0.275 e. The molecule has 142 valence electrons. The zero-order chi connectivity index (χ0) is 20.3. The minimum absolute atomic E-state index is 0.0512. The van der Waals surface area contributed by atoms with Gasteiger partial charge in [0, 0.05) is 35.7 Å². The van der Waals surface area contributed by atoms with Crippen LogP contribution >= 0.6 is 22.9 Å². The normalized spacial score (nSPS) is 10.4. The van der Waals surface area contributed by atoms with Crippen LogP contribution < -0.4 is 10.6 Å². The van der Waals surface area contributed by atoms with Gasteiger partial charge in [0.2, 0.25) is 5.91 Å². The summed E-state index contributed by atoms with van der Waals surface area (Å²) in [5, 5.41) is 18.5. The van der Waals surface area contributed by atoms with Crippen molar-refractivity contribution in [3.8, 4) is 10.6 Å². The van der Waals surface area contributed by atoms with Gasteiger partial charge in [0.15, 0.2) is 0 Å². The number of nitrogens with one attached hydrogen (secondary N) is 2. The quantitative estimate of drug-likeness (QED) is 0.466. The third-order valence-corrected chi connectivity index (χ3v) is 4.78. The van der Waals surface area contributed by atoms with Crippen molar-refractivity contribution in [3.05, 3.63) is 68.7 Å².